The number of pyridine rings is 1. The molecule has 2 aromatic heterocycles. The number of hydrogen-bond acceptors (Lipinski definition) is 8. The number of aromatic hydroxyl groups is 1. The van der Waals surface area contributed by atoms with Crippen molar-refractivity contribution in [2.24, 2.45) is 5.41 Å². The number of methoxy groups -OCH3 is 1. The van der Waals surface area contributed by atoms with E-state index in [1.54, 1.807) is 31.2 Å². The molecule has 0 unspecified atom stereocenters. The fraction of sp³-hybridized carbons (Fsp3) is 0.304. The van der Waals surface area contributed by atoms with E-state index in [0.29, 0.717) is 38.6 Å². The molecule has 0 aliphatic carbocycles. The molecule has 0 radical (unpaired) electrons. The maximum atomic E-state index is 12.8. The second-order valence-corrected chi connectivity index (χ2v) is 9.49. The van der Waals surface area contributed by atoms with Crippen LogP contribution in [0.3, 0.4) is 0 Å². The van der Waals surface area contributed by atoms with Crippen molar-refractivity contribution in [2.45, 2.75) is 34.6 Å². The van der Waals surface area contributed by atoms with E-state index in [-0.39, 0.29) is 30.0 Å². The van der Waals surface area contributed by atoms with E-state index in [0.717, 1.165) is 16.9 Å². The zero-order valence-electron chi connectivity index (χ0n) is 19.8. The standard InChI is InChI=1S/C23H27N5O4S.ClH/c1-12-7-8-14(29)13(2)18(12)27-20(30)16-11-24-22(33-16)28-19-15(32-6)9-10-17(25-19)26-21(31)23(3,4)5;/h7-11,29H,1-6H3,(H,27,30)(H2,24,25,26,28,31);1H. The Bertz CT molecular complexity index is 1210. The van der Waals surface area contributed by atoms with Gasteiger partial charge in [-0.1, -0.05) is 38.2 Å². The Labute approximate surface area is 208 Å². The van der Waals surface area contributed by atoms with Crippen molar-refractivity contribution in [3.05, 3.63) is 46.5 Å². The van der Waals surface area contributed by atoms with Gasteiger partial charge in [-0.3, -0.25) is 9.59 Å². The van der Waals surface area contributed by atoms with E-state index >= 15 is 0 Å². The predicted octanol–water partition coefficient (Wildman–Crippen LogP) is 5.27. The molecule has 2 heterocycles. The summed E-state index contributed by atoms with van der Waals surface area (Å²) in [6, 6.07) is 6.66. The number of phenolic OH excluding ortho intramolecular Hbond substituents is 1. The van der Waals surface area contributed by atoms with E-state index in [4.69, 9.17) is 4.74 Å². The predicted molar refractivity (Wildman–Crippen MR) is 137 cm³/mol. The second-order valence-electron chi connectivity index (χ2n) is 8.46. The first-order chi connectivity index (χ1) is 15.5. The molecule has 0 saturated carbocycles. The van der Waals surface area contributed by atoms with Gasteiger partial charge >= 0.3 is 0 Å². The monoisotopic (exact) mass is 505 g/mol. The largest absolute Gasteiger partial charge is 0.508 e. The van der Waals surface area contributed by atoms with Crippen molar-refractivity contribution in [3.63, 3.8) is 0 Å². The lowest BCUT2D eigenvalue weighted by atomic mass is 9.96. The Kier molecular flexibility index (Phi) is 8.46. The molecule has 3 aromatic rings. The maximum absolute atomic E-state index is 12.8. The van der Waals surface area contributed by atoms with Crippen LogP contribution >= 0.6 is 23.7 Å². The molecular weight excluding hydrogens is 478 g/mol. The molecule has 4 N–H and O–H groups in total. The molecule has 0 spiro atoms. The van der Waals surface area contributed by atoms with E-state index in [1.165, 1.54) is 13.3 Å². The van der Waals surface area contributed by atoms with Crippen LogP contribution in [-0.2, 0) is 4.79 Å². The van der Waals surface area contributed by atoms with Crippen LogP contribution in [0.25, 0.3) is 0 Å². The Hall–Kier alpha value is -3.37. The number of halogens is 1. The minimum atomic E-state index is -0.570. The number of aromatic nitrogens is 2. The van der Waals surface area contributed by atoms with Gasteiger partial charge in [-0.15, -0.1) is 12.4 Å². The van der Waals surface area contributed by atoms with Gasteiger partial charge in [-0.05, 0) is 37.6 Å². The number of carbonyl (C=O) groups excluding carboxylic acids is 2. The third-order valence-electron chi connectivity index (χ3n) is 4.84. The summed E-state index contributed by atoms with van der Waals surface area (Å²) in [6.07, 6.45) is 1.45. The Morgan fingerprint density at radius 1 is 1.09 bits per heavy atom. The number of benzene rings is 1. The first kappa shape index (κ1) is 26.9. The first-order valence-corrected chi connectivity index (χ1v) is 11.0. The average molecular weight is 506 g/mol. The third kappa shape index (κ3) is 6.15. The fourth-order valence-corrected chi connectivity index (χ4v) is 3.53. The quantitative estimate of drug-likeness (QED) is 0.359. The molecule has 0 atom stereocenters. The number of ether oxygens (including phenoxy) is 1. The van der Waals surface area contributed by atoms with Gasteiger partial charge in [0.1, 0.15) is 16.4 Å². The smallest absolute Gasteiger partial charge is 0.267 e. The van der Waals surface area contributed by atoms with E-state index in [2.05, 4.69) is 25.9 Å². The van der Waals surface area contributed by atoms with Crippen LogP contribution in [0.5, 0.6) is 11.5 Å². The molecular formula is C23H28ClN5O4S. The average Bonchev–Trinajstić information content (AvgIpc) is 3.22. The van der Waals surface area contributed by atoms with Crippen LogP contribution in [0.15, 0.2) is 30.5 Å². The normalized spacial score (nSPS) is 10.8. The van der Waals surface area contributed by atoms with Gasteiger partial charge < -0.3 is 25.8 Å². The summed E-state index contributed by atoms with van der Waals surface area (Å²) in [4.78, 5) is 34.1. The van der Waals surface area contributed by atoms with Gasteiger partial charge in [0.05, 0.1) is 19.0 Å². The highest BCUT2D eigenvalue weighted by molar-refractivity contribution is 7.17. The van der Waals surface area contributed by atoms with Crippen LogP contribution in [0.1, 0.15) is 41.6 Å². The number of amides is 2. The summed E-state index contributed by atoms with van der Waals surface area (Å²) in [6.45, 7) is 9.03. The fourth-order valence-electron chi connectivity index (χ4n) is 2.82. The summed E-state index contributed by atoms with van der Waals surface area (Å²) in [7, 11) is 1.51. The molecule has 9 nitrogen and oxygen atoms in total. The second kappa shape index (κ2) is 10.7. The van der Waals surface area contributed by atoms with Gasteiger partial charge in [0, 0.05) is 11.0 Å². The SMILES string of the molecule is COc1ccc(NC(=O)C(C)(C)C)nc1Nc1ncc(C(=O)Nc2c(C)ccc(O)c2C)s1.Cl. The molecule has 0 aliphatic rings. The number of aryl methyl sites for hydroxylation is 1. The molecule has 34 heavy (non-hydrogen) atoms. The zero-order valence-corrected chi connectivity index (χ0v) is 21.4. The van der Waals surface area contributed by atoms with Gasteiger partial charge in [-0.2, -0.15) is 0 Å². The molecule has 0 saturated heterocycles. The number of phenols is 1. The van der Waals surface area contributed by atoms with Crippen LogP contribution in [-0.4, -0.2) is 34.0 Å². The number of rotatable bonds is 6. The maximum Gasteiger partial charge on any atom is 0.267 e. The Morgan fingerprint density at radius 2 is 1.79 bits per heavy atom. The number of nitrogens with one attached hydrogen (secondary N) is 3. The highest BCUT2D eigenvalue weighted by Crippen LogP contribution is 2.32. The lowest BCUT2D eigenvalue weighted by Gasteiger charge is -2.18. The summed E-state index contributed by atoms with van der Waals surface area (Å²) < 4.78 is 5.35. The van der Waals surface area contributed by atoms with Crippen molar-refractivity contribution >= 4 is 58.0 Å². The number of hydrogen-bond donors (Lipinski definition) is 4. The van der Waals surface area contributed by atoms with Crippen molar-refractivity contribution < 1.29 is 19.4 Å². The van der Waals surface area contributed by atoms with E-state index in [1.807, 2.05) is 27.7 Å². The number of nitrogens with zero attached hydrogens (tertiary/aromatic N) is 2. The van der Waals surface area contributed by atoms with Gasteiger partial charge in [0.15, 0.2) is 16.7 Å². The summed E-state index contributed by atoms with van der Waals surface area (Å²) in [5, 5.41) is 19.0. The van der Waals surface area contributed by atoms with E-state index < -0.39 is 5.41 Å². The Balaban J connectivity index is 0.00000408. The highest BCUT2D eigenvalue weighted by atomic mass is 35.5. The molecule has 0 bridgehead atoms. The molecule has 0 aliphatic heterocycles. The molecule has 11 heteroatoms. The van der Waals surface area contributed by atoms with E-state index in [9.17, 15) is 14.7 Å². The third-order valence-corrected chi connectivity index (χ3v) is 5.75. The first-order valence-electron chi connectivity index (χ1n) is 10.2. The van der Waals surface area contributed by atoms with Crippen LogP contribution < -0.4 is 20.7 Å². The van der Waals surface area contributed by atoms with Crippen molar-refractivity contribution in [2.75, 3.05) is 23.1 Å². The van der Waals surface area contributed by atoms with Crippen molar-refractivity contribution in [1.82, 2.24) is 9.97 Å². The van der Waals surface area contributed by atoms with Gasteiger partial charge in [0.25, 0.3) is 5.91 Å². The molecule has 0 fully saturated rings. The minimum Gasteiger partial charge on any atom is -0.508 e. The number of thiazole rings is 1. The molecule has 1 aromatic carbocycles. The molecule has 3 rings (SSSR count). The summed E-state index contributed by atoms with van der Waals surface area (Å²) >= 11 is 1.13. The topological polar surface area (TPSA) is 125 Å². The summed E-state index contributed by atoms with van der Waals surface area (Å²) in [5.41, 5.74) is 1.42. The van der Waals surface area contributed by atoms with Crippen molar-refractivity contribution in [3.8, 4) is 11.5 Å². The zero-order chi connectivity index (χ0) is 24.3. The Morgan fingerprint density at radius 3 is 2.44 bits per heavy atom. The van der Waals surface area contributed by atoms with Gasteiger partial charge in [-0.25, -0.2) is 9.97 Å². The van der Waals surface area contributed by atoms with Gasteiger partial charge in [0.2, 0.25) is 5.91 Å². The lowest BCUT2D eigenvalue weighted by molar-refractivity contribution is -0.123. The summed E-state index contributed by atoms with van der Waals surface area (Å²) in [5.74, 6) is 0.767. The molecule has 182 valence electrons. The van der Waals surface area contributed by atoms with Crippen LogP contribution in [0.2, 0.25) is 0 Å². The lowest BCUT2D eigenvalue weighted by Crippen LogP contribution is -2.28. The van der Waals surface area contributed by atoms with Crippen LogP contribution in [0.4, 0.5) is 22.5 Å². The minimum absolute atomic E-state index is 0. The van der Waals surface area contributed by atoms with Crippen molar-refractivity contribution in [1.29, 1.82) is 0 Å². The number of anilines is 4. The van der Waals surface area contributed by atoms with Crippen LogP contribution in [0, 0.1) is 19.3 Å². The number of carbonyl (C=O) groups is 2. The molecule has 2 amide bonds. The highest BCUT2D eigenvalue weighted by Gasteiger charge is 2.22.